The molecule has 0 saturated carbocycles. The first-order chi connectivity index (χ1) is 15.9. The van der Waals surface area contributed by atoms with Gasteiger partial charge in [-0.2, -0.15) is 0 Å². The summed E-state index contributed by atoms with van der Waals surface area (Å²) in [5.41, 5.74) is 6.70. The number of allylic oxidation sites excluding steroid dienone is 6. The molecule has 1 atom stereocenters. The molecular weight excluding hydrogens is 524 g/mol. The van der Waals surface area contributed by atoms with Crippen LogP contribution in [0.5, 0.6) is 0 Å². The van der Waals surface area contributed by atoms with Crippen molar-refractivity contribution in [3.63, 3.8) is 0 Å². The lowest BCUT2D eigenvalue weighted by Crippen LogP contribution is -2.20. The summed E-state index contributed by atoms with van der Waals surface area (Å²) in [4.78, 5) is 35.9. The van der Waals surface area contributed by atoms with Crippen molar-refractivity contribution < 1.29 is 41.4 Å². The Kier molecular flexibility index (Phi) is 56.2. The van der Waals surface area contributed by atoms with Crippen LogP contribution in [0.2, 0.25) is 0 Å². The maximum Gasteiger partial charge on any atom is 0.291 e. The molecule has 0 aliphatic rings. The molecular formula is C23H54N4O12. The fourth-order valence-corrected chi connectivity index (χ4v) is 0.426. The predicted octanol–water partition coefficient (Wildman–Crippen LogP) is 5.90. The first-order valence-electron chi connectivity index (χ1n) is 10.7. The highest BCUT2D eigenvalue weighted by molar-refractivity contribution is 5.02. The lowest BCUT2D eigenvalue weighted by molar-refractivity contribution is -0.742. The van der Waals surface area contributed by atoms with Gasteiger partial charge in [0.2, 0.25) is 11.7 Å². The van der Waals surface area contributed by atoms with Crippen molar-refractivity contribution >= 4 is 0 Å². The van der Waals surface area contributed by atoms with Crippen molar-refractivity contribution in [3.8, 4) is 0 Å². The molecule has 1 unspecified atom stereocenters. The molecule has 39 heavy (non-hydrogen) atoms. The van der Waals surface area contributed by atoms with Gasteiger partial charge in [-0.15, -0.1) is 20.2 Å². The summed E-state index contributed by atoms with van der Waals surface area (Å²) in [7, 11) is 0. The third-order valence-electron chi connectivity index (χ3n) is 4.29. The molecule has 0 fully saturated rings. The van der Waals surface area contributed by atoms with Crippen molar-refractivity contribution in [3.05, 3.63) is 74.0 Å². The molecule has 0 aromatic carbocycles. The van der Waals surface area contributed by atoms with Crippen molar-refractivity contribution in [2.45, 2.75) is 110 Å². The van der Waals surface area contributed by atoms with Gasteiger partial charge in [0.05, 0.1) is 4.92 Å². The largest absolute Gasteiger partial charge is 0.412 e. The van der Waals surface area contributed by atoms with Gasteiger partial charge in [0.1, 0.15) is 0 Å². The Morgan fingerprint density at radius 2 is 0.718 bits per heavy atom. The fourth-order valence-electron chi connectivity index (χ4n) is 0.426. The third-order valence-corrected chi connectivity index (χ3v) is 4.29. The number of rotatable bonds is 3. The lowest BCUT2D eigenvalue weighted by atomic mass is 10.1. The second-order valence-electron chi connectivity index (χ2n) is 8.59. The van der Waals surface area contributed by atoms with Crippen LogP contribution in [0.15, 0.2) is 33.6 Å². The van der Waals surface area contributed by atoms with Crippen LogP contribution >= 0.6 is 0 Å². The van der Waals surface area contributed by atoms with Crippen LogP contribution in [-0.4, -0.2) is 47.4 Å². The van der Waals surface area contributed by atoms with Gasteiger partial charge in [0.15, 0.2) is 0 Å². The Labute approximate surface area is 232 Å². The molecule has 0 aromatic rings. The van der Waals surface area contributed by atoms with E-state index in [1.165, 1.54) is 29.2 Å². The van der Waals surface area contributed by atoms with Crippen LogP contribution in [0.3, 0.4) is 0 Å². The third kappa shape index (κ3) is 86.8. The maximum atomic E-state index is 9.95. The Balaban J connectivity index is -0.0000000397. The van der Waals surface area contributed by atoms with Gasteiger partial charge in [-0.1, -0.05) is 43.6 Å². The molecule has 16 nitrogen and oxygen atoms in total. The first-order valence-corrected chi connectivity index (χ1v) is 10.7. The highest BCUT2D eigenvalue weighted by Crippen LogP contribution is 2.02. The van der Waals surface area contributed by atoms with Gasteiger partial charge < -0.3 is 21.4 Å². The normalized spacial score (nSPS) is 8.28. The van der Waals surface area contributed by atoms with E-state index in [-0.39, 0.29) is 39.8 Å². The molecule has 0 heterocycles. The van der Waals surface area contributed by atoms with Crippen molar-refractivity contribution in [1.29, 1.82) is 0 Å². The number of nitrogens with zero attached hydrogens (tertiary/aromatic N) is 4. The molecule has 0 aliphatic carbocycles. The van der Waals surface area contributed by atoms with E-state index < -0.39 is 16.2 Å². The van der Waals surface area contributed by atoms with E-state index >= 15 is 0 Å². The molecule has 0 amide bonds. The van der Waals surface area contributed by atoms with Crippen LogP contribution in [0.25, 0.3) is 0 Å². The van der Waals surface area contributed by atoms with Gasteiger partial charge in [0, 0.05) is 24.7 Å². The fraction of sp³-hybridized carbons (Fsp3) is 0.739. The topological polar surface area (TPSA) is 276 Å². The Morgan fingerprint density at radius 1 is 0.538 bits per heavy atom. The van der Waals surface area contributed by atoms with Crippen molar-refractivity contribution in [1.82, 2.24) is 0 Å². The second kappa shape index (κ2) is 36.5. The van der Waals surface area contributed by atoms with Crippen LogP contribution in [0, 0.1) is 46.4 Å². The first kappa shape index (κ1) is 60.1. The van der Waals surface area contributed by atoms with Gasteiger partial charge in [0.25, 0.3) is 10.2 Å². The van der Waals surface area contributed by atoms with E-state index in [2.05, 4.69) is 55.4 Å². The van der Waals surface area contributed by atoms with E-state index in [1.54, 1.807) is 20.8 Å². The highest BCUT2D eigenvalue weighted by atomic mass is 16.9. The van der Waals surface area contributed by atoms with Crippen LogP contribution in [0.1, 0.15) is 104 Å². The molecule has 16 heteroatoms. The van der Waals surface area contributed by atoms with E-state index in [4.69, 9.17) is 30.6 Å². The van der Waals surface area contributed by atoms with Crippen molar-refractivity contribution in [2.24, 2.45) is 5.92 Å². The summed E-state index contributed by atoms with van der Waals surface area (Å²) >= 11 is 0. The zero-order valence-corrected chi connectivity index (χ0v) is 25.1. The van der Waals surface area contributed by atoms with E-state index in [0.29, 0.717) is 0 Å². The molecule has 0 radical (unpaired) electrons. The maximum absolute atomic E-state index is 9.95. The quantitative estimate of drug-likeness (QED) is 0.227. The SMILES string of the molecule is C.CC(C)=C(C)C.CC(C)=C(C)C.CC(C)=C(C)[N+](=O)[O-].CC(C)C(C)[N+](=O)[O-].O.O.O=[N+]([O-])O.O=[N+]([O-])O. The van der Waals surface area contributed by atoms with Gasteiger partial charge in [-0.25, -0.2) is 0 Å². The minimum atomic E-state index is -1.50. The van der Waals surface area contributed by atoms with E-state index in [1.807, 2.05) is 13.8 Å². The second-order valence-corrected chi connectivity index (χ2v) is 8.59. The highest BCUT2D eigenvalue weighted by Gasteiger charge is 2.16. The van der Waals surface area contributed by atoms with Crippen LogP contribution in [0.4, 0.5) is 0 Å². The van der Waals surface area contributed by atoms with Crippen LogP contribution < -0.4 is 0 Å². The van der Waals surface area contributed by atoms with Gasteiger partial charge in [-0.3, -0.25) is 20.2 Å². The Morgan fingerprint density at radius 3 is 0.718 bits per heavy atom. The van der Waals surface area contributed by atoms with Gasteiger partial charge >= 0.3 is 0 Å². The Hall–Kier alpha value is -3.66. The molecule has 238 valence electrons. The summed E-state index contributed by atoms with van der Waals surface area (Å²) in [6.45, 7) is 27.2. The zero-order valence-electron chi connectivity index (χ0n) is 25.1. The summed E-state index contributed by atoms with van der Waals surface area (Å²) in [5, 5.41) is 47.1. The predicted molar refractivity (Wildman–Crippen MR) is 153 cm³/mol. The summed E-state index contributed by atoms with van der Waals surface area (Å²) < 4.78 is 0. The van der Waals surface area contributed by atoms with E-state index in [9.17, 15) is 20.2 Å². The van der Waals surface area contributed by atoms with Crippen molar-refractivity contribution in [2.75, 3.05) is 0 Å². The monoisotopic (exact) mass is 578 g/mol. The average molecular weight is 579 g/mol. The number of nitro groups is 2. The molecule has 6 N–H and O–H groups in total. The summed E-state index contributed by atoms with van der Waals surface area (Å²) in [6, 6.07) is -0.407. The molecule has 0 spiro atoms. The van der Waals surface area contributed by atoms with Gasteiger partial charge in [-0.05, 0) is 74.8 Å². The minimum Gasteiger partial charge on any atom is -0.412 e. The molecule has 0 aromatic heterocycles. The number of hydrogen-bond acceptors (Lipinski definition) is 8. The molecule has 0 rings (SSSR count). The Bertz CT molecular complexity index is 680. The lowest BCUT2D eigenvalue weighted by Gasteiger charge is -2.04. The summed E-state index contributed by atoms with van der Waals surface area (Å²) in [5.74, 6) is 0.144. The number of hydrogen-bond donors (Lipinski definition) is 2. The standard InChI is InChI=1S/2C6H12.C5H11NO2.C5H9NO2.CH4.2HNO3.2H2O/c2*1-5(2)6(3)4;2*1-4(2)5(3)6(7)8;;2*2-1(3)4;;/h2*1-4H3;4-5H,1-3H3;1-3H3;1H4;2*(H,2,3,4);2*1H2. The molecule has 0 bridgehead atoms. The minimum absolute atomic E-state index is 0. The molecule has 0 aliphatic heterocycles. The molecule has 0 saturated heterocycles. The summed E-state index contributed by atoms with van der Waals surface area (Å²) in [6.07, 6.45) is 0. The van der Waals surface area contributed by atoms with Crippen LogP contribution in [-0.2, 0) is 0 Å². The zero-order chi connectivity index (χ0) is 30.9. The average Bonchev–Trinajstić information content (AvgIpc) is 2.66. The van der Waals surface area contributed by atoms with E-state index in [0.717, 1.165) is 5.57 Å². The smallest absolute Gasteiger partial charge is 0.291 e.